The summed E-state index contributed by atoms with van der Waals surface area (Å²) in [5.74, 6) is -1.37. The van der Waals surface area contributed by atoms with E-state index < -0.39 is 24.4 Å². The summed E-state index contributed by atoms with van der Waals surface area (Å²) in [5, 5.41) is 17.5. The van der Waals surface area contributed by atoms with Crippen LogP contribution in [-0.2, 0) is 17.1 Å². The van der Waals surface area contributed by atoms with E-state index in [9.17, 15) is 13.6 Å². The van der Waals surface area contributed by atoms with Gasteiger partial charge in [-0.05, 0) is 0 Å². The molecule has 0 atom stereocenters. The number of alkyl halides is 3. The number of nitrogens with zero attached hydrogens (tertiary/aromatic N) is 2. The second kappa shape index (κ2) is 5.55. The van der Waals surface area contributed by atoms with E-state index in [1.165, 1.54) is 0 Å². The molecule has 0 spiro atoms. The number of pyridine rings is 1. The maximum absolute atomic E-state index is 12.6. The number of carboxylic acids is 1. The third kappa shape index (κ3) is 2.88. The van der Waals surface area contributed by atoms with Crippen LogP contribution < -0.4 is 0 Å². The zero-order valence-electron chi connectivity index (χ0n) is 8.45. The van der Waals surface area contributed by atoms with Crippen LogP contribution in [0.15, 0.2) is 6.20 Å². The minimum Gasteiger partial charge on any atom is -0.481 e. The van der Waals surface area contributed by atoms with Gasteiger partial charge in [-0.3, -0.25) is 9.78 Å². The van der Waals surface area contributed by atoms with Crippen molar-refractivity contribution in [1.29, 1.82) is 5.26 Å². The fourth-order valence-electron chi connectivity index (χ4n) is 1.36. The summed E-state index contributed by atoms with van der Waals surface area (Å²) in [5.41, 5.74) is -0.839. The normalized spacial score (nSPS) is 10.3. The summed E-state index contributed by atoms with van der Waals surface area (Å²) in [6.45, 7) is 0. The number of hydrogen-bond donors (Lipinski definition) is 1. The van der Waals surface area contributed by atoms with Gasteiger partial charge in [0.15, 0.2) is 0 Å². The monoisotopic (exact) mass is 260 g/mol. The molecular formula is C10H7ClF2N2O2. The average molecular weight is 261 g/mol. The van der Waals surface area contributed by atoms with E-state index in [0.717, 1.165) is 6.20 Å². The maximum Gasteiger partial charge on any atom is 0.307 e. The zero-order valence-corrected chi connectivity index (χ0v) is 9.21. The maximum atomic E-state index is 12.6. The molecule has 1 N–H and O–H groups in total. The Hall–Kier alpha value is -1.74. The van der Waals surface area contributed by atoms with Crippen LogP contribution in [0.1, 0.15) is 28.8 Å². The third-order valence-corrected chi connectivity index (χ3v) is 2.35. The Balaban J connectivity index is 3.44. The molecule has 1 heterocycles. The SMILES string of the molecule is N#Cc1c(C(F)F)cnc(CCl)c1CC(=O)O. The Kier molecular flexibility index (Phi) is 4.35. The summed E-state index contributed by atoms with van der Waals surface area (Å²) in [4.78, 5) is 14.3. The first-order valence-electron chi connectivity index (χ1n) is 4.47. The van der Waals surface area contributed by atoms with Crippen LogP contribution in [0.2, 0.25) is 0 Å². The second-order valence-electron chi connectivity index (χ2n) is 3.13. The van der Waals surface area contributed by atoms with Crippen LogP contribution in [0.4, 0.5) is 8.78 Å². The molecule has 0 aromatic carbocycles. The Bertz CT molecular complexity index is 486. The fourth-order valence-corrected chi connectivity index (χ4v) is 1.59. The van der Waals surface area contributed by atoms with Gasteiger partial charge in [0.1, 0.15) is 6.07 Å². The molecule has 17 heavy (non-hydrogen) atoms. The van der Waals surface area contributed by atoms with Gasteiger partial charge >= 0.3 is 5.97 Å². The Morgan fingerprint density at radius 2 is 2.29 bits per heavy atom. The molecule has 0 aliphatic rings. The van der Waals surface area contributed by atoms with E-state index in [2.05, 4.69) is 4.98 Å². The highest BCUT2D eigenvalue weighted by atomic mass is 35.5. The van der Waals surface area contributed by atoms with Crippen LogP contribution in [0, 0.1) is 11.3 Å². The molecule has 1 aromatic heterocycles. The van der Waals surface area contributed by atoms with Gasteiger partial charge in [-0.2, -0.15) is 5.26 Å². The molecule has 7 heteroatoms. The zero-order chi connectivity index (χ0) is 13.0. The number of carbonyl (C=O) groups is 1. The molecule has 1 rings (SSSR count). The van der Waals surface area contributed by atoms with E-state index in [0.29, 0.717) is 0 Å². The number of carboxylic acid groups (broad SMARTS) is 1. The van der Waals surface area contributed by atoms with E-state index >= 15 is 0 Å². The van der Waals surface area contributed by atoms with Gasteiger partial charge in [-0.25, -0.2) is 8.78 Å². The van der Waals surface area contributed by atoms with Crippen molar-refractivity contribution in [3.8, 4) is 6.07 Å². The molecule has 0 radical (unpaired) electrons. The van der Waals surface area contributed by atoms with Crippen LogP contribution in [0.5, 0.6) is 0 Å². The predicted molar refractivity (Wildman–Crippen MR) is 54.8 cm³/mol. The number of rotatable bonds is 4. The molecule has 0 saturated carbocycles. The topological polar surface area (TPSA) is 74.0 Å². The Morgan fingerprint density at radius 3 is 2.71 bits per heavy atom. The standard InChI is InChI=1S/C10H7ClF2N2O2/c11-2-8-5(1-9(16)17)6(3-14)7(4-15-8)10(12)13/h4,10H,1-2H2,(H,16,17). The van der Waals surface area contributed by atoms with Gasteiger partial charge in [-0.15, -0.1) is 11.6 Å². The van der Waals surface area contributed by atoms with E-state index in [1.54, 1.807) is 6.07 Å². The van der Waals surface area contributed by atoms with Crippen molar-refractivity contribution in [3.63, 3.8) is 0 Å². The lowest BCUT2D eigenvalue weighted by Gasteiger charge is -2.10. The van der Waals surface area contributed by atoms with Crippen molar-refractivity contribution in [1.82, 2.24) is 4.98 Å². The van der Waals surface area contributed by atoms with Crippen LogP contribution in [0.3, 0.4) is 0 Å². The second-order valence-corrected chi connectivity index (χ2v) is 3.40. The van der Waals surface area contributed by atoms with Gasteiger partial charge in [0, 0.05) is 11.8 Å². The van der Waals surface area contributed by atoms with Crippen molar-refractivity contribution in [3.05, 3.63) is 28.6 Å². The molecule has 1 aromatic rings. The highest BCUT2D eigenvalue weighted by Crippen LogP contribution is 2.26. The molecule has 0 aliphatic heterocycles. The lowest BCUT2D eigenvalue weighted by molar-refractivity contribution is -0.136. The summed E-state index contributed by atoms with van der Waals surface area (Å²) in [7, 11) is 0. The van der Waals surface area contributed by atoms with Gasteiger partial charge in [0.2, 0.25) is 0 Å². The van der Waals surface area contributed by atoms with Crippen molar-refractivity contribution < 1.29 is 18.7 Å². The molecule has 0 saturated heterocycles. The molecule has 0 aliphatic carbocycles. The van der Waals surface area contributed by atoms with Crippen molar-refractivity contribution in [2.24, 2.45) is 0 Å². The fraction of sp³-hybridized carbons (Fsp3) is 0.300. The van der Waals surface area contributed by atoms with Crippen molar-refractivity contribution >= 4 is 17.6 Å². The molecule has 90 valence electrons. The summed E-state index contributed by atoms with van der Waals surface area (Å²) < 4.78 is 25.2. The number of hydrogen-bond acceptors (Lipinski definition) is 3. The molecular weight excluding hydrogens is 254 g/mol. The minimum absolute atomic E-state index is 0.0483. The number of aliphatic carboxylic acids is 1. The number of halogens is 3. The van der Waals surface area contributed by atoms with E-state index in [4.69, 9.17) is 22.0 Å². The quantitative estimate of drug-likeness (QED) is 0.843. The summed E-state index contributed by atoms with van der Waals surface area (Å²) >= 11 is 5.52. The lowest BCUT2D eigenvalue weighted by atomic mass is 10.00. The van der Waals surface area contributed by atoms with Crippen molar-refractivity contribution in [2.45, 2.75) is 18.7 Å². The van der Waals surface area contributed by atoms with Crippen LogP contribution in [0.25, 0.3) is 0 Å². The molecule has 0 amide bonds. The number of aromatic nitrogens is 1. The smallest absolute Gasteiger partial charge is 0.307 e. The van der Waals surface area contributed by atoms with E-state index in [-0.39, 0.29) is 22.7 Å². The Morgan fingerprint density at radius 1 is 1.65 bits per heavy atom. The summed E-state index contributed by atoms with van der Waals surface area (Å²) in [6.07, 6.45) is -2.58. The third-order valence-electron chi connectivity index (χ3n) is 2.10. The van der Waals surface area contributed by atoms with Gasteiger partial charge < -0.3 is 5.11 Å². The van der Waals surface area contributed by atoms with Crippen LogP contribution in [-0.4, -0.2) is 16.1 Å². The highest BCUT2D eigenvalue weighted by Gasteiger charge is 2.21. The average Bonchev–Trinajstić information content (AvgIpc) is 2.27. The van der Waals surface area contributed by atoms with E-state index in [1.807, 2.05) is 0 Å². The molecule has 0 bridgehead atoms. The van der Waals surface area contributed by atoms with Crippen molar-refractivity contribution in [2.75, 3.05) is 0 Å². The van der Waals surface area contributed by atoms with Gasteiger partial charge in [0.05, 0.1) is 29.1 Å². The van der Waals surface area contributed by atoms with Gasteiger partial charge in [0.25, 0.3) is 6.43 Å². The largest absolute Gasteiger partial charge is 0.481 e. The molecule has 0 fully saturated rings. The van der Waals surface area contributed by atoms with Crippen LogP contribution >= 0.6 is 11.6 Å². The number of nitriles is 1. The first-order valence-corrected chi connectivity index (χ1v) is 5.01. The lowest BCUT2D eigenvalue weighted by Crippen LogP contribution is -2.09. The molecule has 4 nitrogen and oxygen atoms in total. The summed E-state index contributed by atoms with van der Waals surface area (Å²) in [6, 6.07) is 1.58. The van der Waals surface area contributed by atoms with Gasteiger partial charge in [-0.1, -0.05) is 0 Å². The minimum atomic E-state index is -2.88. The molecule has 0 unspecified atom stereocenters. The predicted octanol–water partition coefficient (Wildman–Crippen LogP) is 2.26. The highest BCUT2D eigenvalue weighted by molar-refractivity contribution is 6.17. The first kappa shape index (κ1) is 13.3. The first-order chi connectivity index (χ1) is 8.01. The Labute approximate surface area is 100 Å².